The van der Waals surface area contributed by atoms with Crippen molar-refractivity contribution < 1.29 is 17.2 Å². The number of rotatable bonds is 7. The molecule has 0 amide bonds. The van der Waals surface area contributed by atoms with Gasteiger partial charge in [0.1, 0.15) is 11.6 Å². The van der Waals surface area contributed by atoms with E-state index in [0.29, 0.717) is 21.4 Å². The minimum absolute atomic E-state index is 0.238. The zero-order valence-corrected chi connectivity index (χ0v) is 21.7. The molecule has 0 aliphatic rings. The highest BCUT2D eigenvalue weighted by Crippen LogP contribution is 2.37. The molecule has 182 valence electrons. The lowest BCUT2D eigenvalue weighted by Crippen LogP contribution is -2.23. The van der Waals surface area contributed by atoms with Crippen LogP contribution in [-0.2, 0) is 21.0 Å². The number of aromatic nitrogens is 2. The van der Waals surface area contributed by atoms with Crippen LogP contribution >= 0.6 is 23.4 Å². The molecule has 0 saturated heterocycles. The second-order valence-corrected chi connectivity index (χ2v) is 12.0. The fourth-order valence-electron chi connectivity index (χ4n) is 3.79. The first kappa shape index (κ1) is 25.4. The van der Waals surface area contributed by atoms with Gasteiger partial charge in [0.25, 0.3) is 0 Å². The van der Waals surface area contributed by atoms with Crippen LogP contribution in [0.2, 0.25) is 5.02 Å². The van der Waals surface area contributed by atoms with E-state index in [1.54, 1.807) is 54.7 Å². The third-order valence-electron chi connectivity index (χ3n) is 5.87. The lowest BCUT2D eigenvalue weighted by atomic mass is 9.81. The monoisotopic (exact) mass is 532 g/mol. The molecule has 3 aromatic carbocycles. The normalized spacial score (nSPS) is 12.2. The summed E-state index contributed by atoms with van der Waals surface area (Å²) >= 11 is 7.53. The van der Waals surface area contributed by atoms with Gasteiger partial charge in [-0.25, -0.2) is 22.2 Å². The minimum Gasteiger partial charge on any atom is -0.291 e. The molecule has 1 heterocycles. The van der Waals surface area contributed by atoms with Crippen molar-refractivity contribution in [3.63, 3.8) is 0 Å². The van der Waals surface area contributed by atoms with Crippen LogP contribution in [0.25, 0.3) is 5.69 Å². The van der Waals surface area contributed by atoms with E-state index < -0.39 is 21.1 Å². The van der Waals surface area contributed by atoms with Crippen molar-refractivity contribution in [1.29, 1.82) is 0 Å². The maximum absolute atomic E-state index is 14.3. The van der Waals surface area contributed by atoms with E-state index in [4.69, 9.17) is 11.6 Å². The molecule has 0 spiro atoms. The summed E-state index contributed by atoms with van der Waals surface area (Å²) in [5, 5.41) is 0.927. The summed E-state index contributed by atoms with van der Waals surface area (Å²) in [6, 6.07) is 17.3. The Morgan fingerprint density at radius 3 is 2.26 bits per heavy atom. The molecule has 0 radical (unpaired) electrons. The molecule has 0 unspecified atom stereocenters. The topological polar surface area (TPSA) is 52.0 Å². The van der Waals surface area contributed by atoms with Crippen LogP contribution in [0.1, 0.15) is 30.7 Å². The van der Waals surface area contributed by atoms with Gasteiger partial charge in [0.05, 0.1) is 16.8 Å². The SMILES string of the molecule is CC(C)(c1ccc(S(C)(=O)=O)cc1)c1cnc(SCc2c(F)cccc2Cl)n1-c1ccc(F)cc1. The van der Waals surface area contributed by atoms with Crippen molar-refractivity contribution in [2.75, 3.05) is 6.26 Å². The highest BCUT2D eigenvalue weighted by atomic mass is 35.5. The Morgan fingerprint density at radius 1 is 1.00 bits per heavy atom. The van der Waals surface area contributed by atoms with Gasteiger partial charge in [-0.2, -0.15) is 0 Å². The number of hydrogen-bond donors (Lipinski definition) is 0. The molecule has 9 heteroatoms. The van der Waals surface area contributed by atoms with Gasteiger partial charge in [-0.15, -0.1) is 0 Å². The van der Waals surface area contributed by atoms with Crippen LogP contribution in [0.15, 0.2) is 83.0 Å². The number of sulfone groups is 1. The van der Waals surface area contributed by atoms with Gasteiger partial charge in [0, 0.05) is 33.7 Å². The first-order valence-corrected chi connectivity index (χ1v) is 13.9. The van der Waals surface area contributed by atoms with Gasteiger partial charge in [-0.1, -0.05) is 55.4 Å². The molecule has 35 heavy (non-hydrogen) atoms. The van der Waals surface area contributed by atoms with Crippen LogP contribution in [0.3, 0.4) is 0 Å². The van der Waals surface area contributed by atoms with E-state index in [0.717, 1.165) is 11.3 Å². The van der Waals surface area contributed by atoms with Crippen LogP contribution in [0, 0.1) is 11.6 Å². The maximum Gasteiger partial charge on any atom is 0.175 e. The molecular weight excluding hydrogens is 510 g/mol. The lowest BCUT2D eigenvalue weighted by Gasteiger charge is -2.27. The van der Waals surface area contributed by atoms with Crippen molar-refractivity contribution in [3.8, 4) is 5.69 Å². The fraction of sp³-hybridized carbons (Fsp3) is 0.192. The van der Waals surface area contributed by atoms with Crippen molar-refractivity contribution >= 4 is 33.2 Å². The summed E-state index contributed by atoms with van der Waals surface area (Å²) in [4.78, 5) is 4.85. The van der Waals surface area contributed by atoms with Gasteiger partial charge < -0.3 is 0 Å². The molecule has 0 atom stereocenters. The van der Waals surface area contributed by atoms with E-state index in [9.17, 15) is 17.2 Å². The Morgan fingerprint density at radius 2 is 1.66 bits per heavy atom. The summed E-state index contributed by atoms with van der Waals surface area (Å²) in [6.45, 7) is 4.00. The van der Waals surface area contributed by atoms with Crippen LogP contribution in [-0.4, -0.2) is 24.2 Å². The summed E-state index contributed by atoms with van der Waals surface area (Å²) in [5.74, 6) is -0.498. The molecule has 0 aliphatic heterocycles. The molecule has 0 saturated carbocycles. The average Bonchev–Trinajstić information content (AvgIpc) is 3.23. The van der Waals surface area contributed by atoms with Gasteiger partial charge >= 0.3 is 0 Å². The standard InChI is InChI=1S/C26H23ClF2N2O2S2/c1-26(2,17-7-13-20(14-8-17)35(3,32)33)24-15-30-25(31(24)19-11-9-18(28)10-12-19)34-16-21-22(27)5-4-6-23(21)29/h4-15H,16H2,1-3H3. The van der Waals surface area contributed by atoms with Crippen LogP contribution in [0.5, 0.6) is 0 Å². The lowest BCUT2D eigenvalue weighted by molar-refractivity contribution is 0.589. The zero-order valence-electron chi connectivity index (χ0n) is 19.3. The van der Waals surface area contributed by atoms with Gasteiger partial charge in [-0.3, -0.25) is 4.57 Å². The van der Waals surface area contributed by atoms with Crippen molar-refractivity contribution in [2.24, 2.45) is 0 Å². The fourth-order valence-corrected chi connectivity index (χ4v) is 5.76. The second kappa shape index (κ2) is 9.76. The predicted octanol–water partition coefficient (Wildman–Crippen LogP) is 6.83. The third-order valence-corrected chi connectivity index (χ3v) is 8.33. The Balaban J connectivity index is 1.78. The first-order chi connectivity index (χ1) is 16.5. The summed E-state index contributed by atoms with van der Waals surface area (Å²) in [7, 11) is -3.32. The molecule has 4 nitrogen and oxygen atoms in total. The van der Waals surface area contributed by atoms with Crippen molar-refractivity contribution in [2.45, 2.75) is 35.1 Å². The van der Waals surface area contributed by atoms with Crippen LogP contribution in [0.4, 0.5) is 8.78 Å². The van der Waals surface area contributed by atoms with Crippen LogP contribution < -0.4 is 0 Å². The number of nitrogens with zero attached hydrogens (tertiary/aromatic N) is 2. The Labute approximate surface area is 212 Å². The maximum atomic E-state index is 14.3. The van der Waals surface area contributed by atoms with E-state index in [2.05, 4.69) is 4.98 Å². The number of thioether (sulfide) groups is 1. The van der Waals surface area contributed by atoms with E-state index in [-0.39, 0.29) is 16.5 Å². The Kier molecular flexibility index (Phi) is 7.09. The molecule has 4 aromatic rings. The predicted molar refractivity (Wildman–Crippen MR) is 136 cm³/mol. The largest absolute Gasteiger partial charge is 0.291 e. The van der Waals surface area contributed by atoms with E-state index in [1.807, 2.05) is 18.4 Å². The first-order valence-electron chi connectivity index (χ1n) is 10.7. The molecule has 0 fully saturated rings. The Hall–Kier alpha value is -2.68. The smallest absolute Gasteiger partial charge is 0.175 e. The van der Waals surface area contributed by atoms with Crippen molar-refractivity contribution in [3.05, 3.63) is 106 Å². The number of benzene rings is 3. The molecule has 0 bridgehead atoms. The third kappa shape index (κ3) is 5.29. The molecule has 0 N–H and O–H groups in total. The highest BCUT2D eigenvalue weighted by Gasteiger charge is 2.30. The van der Waals surface area contributed by atoms with E-state index in [1.165, 1.54) is 36.2 Å². The summed E-state index contributed by atoms with van der Waals surface area (Å²) in [5.41, 5.74) is 2.17. The van der Waals surface area contributed by atoms with E-state index >= 15 is 0 Å². The number of halogens is 3. The summed E-state index contributed by atoms with van der Waals surface area (Å²) < 4.78 is 53.7. The average molecular weight is 533 g/mol. The Bertz CT molecular complexity index is 1450. The quantitative estimate of drug-likeness (QED) is 0.245. The molecule has 4 rings (SSSR count). The second-order valence-electron chi connectivity index (χ2n) is 8.65. The highest BCUT2D eigenvalue weighted by molar-refractivity contribution is 7.98. The zero-order chi connectivity index (χ0) is 25.4. The molecule has 0 aliphatic carbocycles. The molecular formula is C26H23ClF2N2O2S2. The minimum atomic E-state index is -3.32. The number of hydrogen-bond acceptors (Lipinski definition) is 4. The van der Waals surface area contributed by atoms with Gasteiger partial charge in [0.15, 0.2) is 15.0 Å². The summed E-state index contributed by atoms with van der Waals surface area (Å²) in [6.07, 6.45) is 2.90. The number of imidazole rings is 1. The van der Waals surface area contributed by atoms with Gasteiger partial charge in [0.2, 0.25) is 0 Å². The van der Waals surface area contributed by atoms with Crippen molar-refractivity contribution in [1.82, 2.24) is 9.55 Å². The van der Waals surface area contributed by atoms with Gasteiger partial charge in [-0.05, 0) is 54.1 Å². The molecule has 1 aromatic heterocycles.